The first kappa shape index (κ1) is 13.6. The average molecular weight is 320 g/mol. The summed E-state index contributed by atoms with van der Waals surface area (Å²) in [5.74, 6) is 1.17. The van der Waals surface area contributed by atoms with Crippen molar-refractivity contribution < 1.29 is 9.53 Å². The van der Waals surface area contributed by atoms with E-state index in [4.69, 9.17) is 4.74 Å². The molecule has 2 rings (SSSR count). The molecule has 3 nitrogen and oxygen atoms in total. The van der Waals surface area contributed by atoms with Gasteiger partial charge in [-0.3, -0.25) is 4.79 Å². The van der Waals surface area contributed by atoms with Crippen LogP contribution in [-0.4, -0.2) is 24.9 Å². The summed E-state index contributed by atoms with van der Waals surface area (Å²) in [6, 6.07) is 14.7. The molecule has 1 amide bonds. The van der Waals surface area contributed by atoms with Crippen LogP contribution in [0.1, 0.15) is 10.4 Å². The Morgan fingerprint density at radius 1 is 1.11 bits per heavy atom. The van der Waals surface area contributed by atoms with Gasteiger partial charge >= 0.3 is 0 Å². The zero-order valence-corrected chi connectivity index (χ0v) is 12.3. The highest BCUT2D eigenvalue weighted by molar-refractivity contribution is 9.10. The minimum absolute atomic E-state index is 0.0782. The molecule has 2 aromatic rings. The molecule has 0 aliphatic heterocycles. The normalized spacial score (nSPS) is 10.1. The molecule has 0 aliphatic carbocycles. The molecule has 0 bridgehead atoms. The summed E-state index contributed by atoms with van der Waals surface area (Å²) in [5, 5.41) is 0. The zero-order valence-electron chi connectivity index (χ0n) is 10.8. The van der Waals surface area contributed by atoms with Gasteiger partial charge in [0.05, 0.1) is 5.56 Å². The Balaban J connectivity index is 2.33. The van der Waals surface area contributed by atoms with Crippen LogP contribution in [0.15, 0.2) is 53.0 Å². The maximum absolute atomic E-state index is 12.1. The number of carbonyl (C=O) groups excluding carboxylic acids is 1. The summed E-state index contributed by atoms with van der Waals surface area (Å²) in [6.45, 7) is 0. The standard InChI is InChI=1S/C15H14BrNO2/c1-17(2)15(18)13-8-3-4-9-14(13)19-12-7-5-6-11(16)10-12/h3-10H,1-2H3. The molecule has 0 saturated carbocycles. The molecule has 0 spiro atoms. The highest BCUT2D eigenvalue weighted by atomic mass is 79.9. The van der Waals surface area contributed by atoms with Crippen LogP contribution >= 0.6 is 15.9 Å². The molecule has 2 aromatic carbocycles. The van der Waals surface area contributed by atoms with E-state index < -0.39 is 0 Å². The average Bonchev–Trinajstić information content (AvgIpc) is 2.38. The predicted molar refractivity (Wildman–Crippen MR) is 78.7 cm³/mol. The number of carbonyl (C=O) groups is 1. The van der Waals surface area contributed by atoms with Gasteiger partial charge in [-0.05, 0) is 30.3 Å². The molecule has 0 N–H and O–H groups in total. The van der Waals surface area contributed by atoms with Crippen molar-refractivity contribution in [2.24, 2.45) is 0 Å². The number of hydrogen-bond acceptors (Lipinski definition) is 2. The number of rotatable bonds is 3. The van der Waals surface area contributed by atoms with Crippen molar-refractivity contribution >= 4 is 21.8 Å². The second-order valence-corrected chi connectivity index (χ2v) is 5.17. The third-order valence-electron chi connectivity index (χ3n) is 2.55. The van der Waals surface area contributed by atoms with Gasteiger partial charge in [-0.25, -0.2) is 0 Å². The minimum Gasteiger partial charge on any atom is -0.456 e. The van der Waals surface area contributed by atoms with E-state index >= 15 is 0 Å². The molecule has 0 aliphatic rings. The monoisotopic (exact) mass is 319 g/mol. The van der Waals surface area contributed by atoms with Crippen LogP contribution in [0, 0.1) is 0 Å². The van der Waals surface area contributed by atoms with Gasteiger partial charge in [0.15, 0.2) is 0 Å². The predicted octanol–water partition coefficient (Wildman–Crippen LogP) is 3.94. The van der Waals surface area contributed by atoms with Gasteiger partial charge in [0.2, 0.25) is 0 Å². The Morgan fingerprint density at radius 2 is 1.84 bits per heavy atom. The maximum atomic E-state index is 12.1. The molecule has 4 heteroatoms. The molecule has 19 heavy (non-hydrogen) atoms. The number of ether oxygens (including phenoxy) is 1. The molecule has 0 heterocycles. The van der Waals surface area contributed by atoms with Crippen molar-refractivity contribution in [1.29, 1.82) is 0 Å². The Kier molecular flexibility index (Phi) is 4.22. The van der Waals surface area contributed by atoms with E-state index in [9.17, 15) is 4.79 Å². The van der Waals surface area contributed by atoms with E-state index in [2.05, 4.69) is 15.9 Å². The number of amides is 1. The van der Waals surface area contributed by atoms with Gasteiger partial charge in [-0.2, -0.15) is 0 Å². The van der Waals surface area contributed by atoms with E-state index in [0.717, 1.165) is 4.47 Å². The number of halogens is 1. The van der Waals surface area contributed by atoms with Gasteiger partial charge in [-0.1, -0.05) is 34.1 Å². The van der Waals surface area contributed by atoms with E-state index in [-0.39, 0.29) is 5.91 Å². The second kappa shape index (κ2) is 5.89. The molecular formula is C15H14BrNO2. The summed E-state index contributed by atoms with van der Waals surface area (Å²) in [6.07, 6.45) is 0. The fourth-order valence-corrected chi connectivity index (χ4v) is 2.01. The van der Waals surface area contributed by atoms with Crippen LogP contribution in [0.4, 0.5) is 0 Å². The minimum atomic E-state index is -0.0782. The van der Waals surface area contributed by atoms with Crippen molar-refractivity contribution in [3.8, 4) is 11.5 Å². The number of hydrogen-bond donors (Lipinski definition) is 0. The van der Waals surface area contributed by atoms with E-state index in [1.165, 1.54) is 4.90 Å². The van der Waals surface area contributed by atoms with Crippen molar-refractivity contribution in [3.05, 3.63) is 58.6 Å². The molecule has 0 atom stereocenters. The molecule has 98 valence electrons. The first-order valence-corrected chi connectivity index (χ1v) is 6.61. The number of benzene rings is 2. The van der Waals surface area contributed by atoms with E-state index in [1.54, 1.807) is 26.2 Å². The van der Waals surface area contributed by atoms with Crippen molar-refractivity contribution in [2.45, 2.75) is 0 Å². The third kappa shape index (κ3) is 3.35. The van der Waals surface area contributed by atoms with Gasteiger partial charge < -0.3 is 9.64 Å². The first-order valence-electron chi connectivity index (χ1n) is 5.82. The number of nitrogens with zero attached hydrogens (tertiary/aromatic N) is 1. The van der Waals surface area contributed by atoms with Crippen LogP contribution in [0.25, 0.3) is 0 Å². The smallest absolute Gasteiger partial charge is 0.257 e. The molecule has 0 aromatic heterocycles. The zero-order chi connectivity index (χ0) is 13.8. The Bertz CT molecular complexity index is 596. The van der Waals surface area contributed by atoms with E-state index in [1.807, 2.05) is 36.4 Å². The molecular weight excluding hydrogens is 306 g/mol. The lowest BCUT2D eigenvalue weighted by Gasteiger charge is -2.14. The van der Waals surface area contributed by atoms with Crippen molar-refractivity contribution in [3.63, 3.8) is 0 Å². The lowest BCUT2D eigenvalue weighted by atomic mass is 10.2. The van der Waals surface area contributed by atoms with Crippen molar-refractivity contribution in [2.75, 3.05) is 14.1 Å². The summed E-state index contributed by atoms with van der Waals surface area (Å²) < 4.78 is 6.72. The summed E-state index contributed by atoms with van der Waals surface area (Å²) in [7, 11) is 3.44. The topological polar surface area (TPSA) is 29.5 Å². The molecule has 0 radical (unpaired) electrons. The van der Waals surface area contributed by atoms with Gasteiger partial charge in [0, 0.05) is 18.6 Å². The summed E-state index contributed by atoms with van der Waals surface area (Å²) in [5.41, 5.74) is 0.549. The van der Waals surface area contributed by atoms with Crippen LogP contribution < -0.4 is 4.74 Å². The highest BCUT2D eigenvalue weighted by Gasteiger charge is 2.14. The lowest BCUT2D eigenvalue weighted by molar-refractivity contribution is 0.0825. The Morgan fingerprint density at radius 3 is 2.53 bits per heavy atom. The fraction of sp³-hybridized carbons (Fsp3) is 0.133. The summed E-state index contributed by atoms with van der Waals surface area (Å²) in [4.78, 5) is 13.6. The first-order chi connectivity index (χ1) is 9.08. The largest absolute Gasteiger partial charge is 0.456 e. The highest BCUT2D eigenvalue weighted by Crippen LogP contribution is 2.27. The fourth-order valence-electron chi connectivity index (χ4n) is 1.63. The SMILES string of the molecule is CN(C)C(=O)c1ccccc1Oc1cccc(Br)c1. The van der Waals surface area contributed by atoms with Gasteiger partial charge in [0.25, 0.3) is 5.91 Å². The quantitative estimate of drug-likeness (QED) is 0.857. The molecule has 0 saturated heterocycles. The van der Waals surface area contributed by atoms with Crippen molar-refractivity contribution in [1.82, 2.24) is 4.90 Å². The Labute approximate surface area is 120 Å². The van der Waals surface area contributed by atoms with Gasteiger partial charge in [-0.15, -0.1) is 0 Å². The number of para-hydroxylation sites is 1. The Hall–Kier alpha value is -1.81. The third-order valence-corrected chi connectivity index (χ3v) is 3.04. The van der Waals surface area contributed by atoms with Gasteiger partial charge in [0.1, 0.15) is 11.5 Å². The lowest BCUT2D eigenvalue weighted by Crippen LogP contribution is -2.22. The summed E-state index contributed by atoms with van der Waals surface area (Å²) >= 11 is 3.39. The second-order valence-electron chi connectivity index (χ2n) is 4.26. The van der Waals surface area contributed by atoms with Crippen LogP contribution in [0.5, 0.6) is 11.5 Å². The maximum Gasteiger partial charge on any atom is 0.257 e. The molecule has 0 fully saturated rings. The molecule has 0 unspecified atom stereocenters. The van der Waals surface area contributed by atoms with Crippen LogP contribution in [0.2, 0.25) is 0 Å². The van der Waals surface area contributed by atoms with E-state index in [0.29, 0.717) is 17.1 Å². The van der Waals surface area contributed by atoms with Crippen LogP contribution in [-0.2, 0) is 0 Å². The van der Waals surface area contributed by atoms with Crippen LogP contribution in [0.3, 0.4) is 0 Å².